The molecule has 0 aliphatic carbocycles. The van der Waals surface area contributed by atoms with Crippen molar-refractivity contribution in [2.45, 2.75) is 33.1 Å². The summed E-state index contributed by atoms with van der Waals surface area (Å²) in [7, 11) is 0. The zero-order valence-electron chi connectivity index (χ0n) is 11.9. The molecule has 7 nitrogen and oxygen atoms in total. The van der Waals surface area contributed by atoms with Crippen molar-refractivity contribution in [2.24, 2.45) is 5.41 Å². The van der Waals surface area contributed by atoms with Crippen LogP contribution in [0.2, 0.25) is 0 Å². The molecule has 1 rings (SSSR count). The fourth-order valence-electron chi connectivity index (χ4n) is 1.92. The lowest BCUT2D eigenvalue weighted by molar-refractivity contribution is -0.149. The molecule has 0 saturated heterocycles. The molecule has 20 heavy (non-hydrogen) atoms. The van der Waals surface area contributed by atoms with Gasteiger partial charge in [0, 0.05) is 31.4 Å². The van der Waals surface area contributed by atoms with E-state index >= 15 is 0 Å². The first-order chi connectivity index (χ1) is 9.54. The van der Waals surface area contributed by atoms with E-state index in [-0.39, 0.29) is 12.6 Å². The summed E-state index contributed by atoms with van der Waals surface area (Å²) in [5, 5.41) is 14.6. The Hall–Kier alpha value is -2.05. The van der Waals surface area contributed by atoms with Crippen LogP contribution in [0.15, 0.2) is 12.5 Å². The van der Waals surface area contributed by atoms with Crippen LogP contribution >= 0.6 is 0 Å². The van der Waals surface area contributed by atoms with Crippen molar-refractivity contribution in [3.8, 4) is 0 Å². The molecule has 1 heterocycles. The predicted octanol–water partition coefficient (Wildman–Crippen LogP) is 1.14. The average molecular weight is 282 g/mol. The number of H-pyrrole nitrogens is 1. The summed E-state index contributed by atoms with van der Waals surface area (Å²) < 4.78 is 0. The molecule has 1 aromatic heterocycles. The third-order valence-corrected chi connectivity index (χ3v) is 3.63. The number of aromatic nitrogens is 2. The summed E-state index contributed by atoms with van der Waals surface area (Å²) in [6.45, 7) is 4.22. The van der Waals surface area contributed by atoms with E-state index in [1.54, 1.807) is 12.5 Å². The van der Waals surface area contributed by atoms with Gasteiger partial charge in [-0.3, -0.25) is 4.79 Å². The molecule has 4 N–H and O–H groups in total. The number of nitrogens with one attached hydrogen (secondary N) is 3. The largest absolute Gasteiger partial charge is 0.481 e. The van der Waals surface area contributed by atoms with E-state index in [9.17, 15) is 14.7 Å². The van der Waals surface area contributed by atoms with Gasteiger partial charge in [0.2, 0.25) is 0 Å². The number of carboxylic acids is 1. The van der Waals surface area contributed by atoms with Gasteiger partial charge in [0.15, 0.2) is 0 Å². The maximum Gasteiger partial charge on any atom is 0.314 e. The van der Waals surface area contributed by atoms with Gasteiger partial charge < -0.3 is 20.7 Å². The van der Waals surface area contributed by atoms with E-state index < -0.39 is 11.4 Å². The molecular weight excluding hydrogens is 260 g/mol. The smallest absolute Gasteiger partial charge is 0.314 e. The zero-order valence-corrected chi connectivity index (χ0v) is 11.9. The lowest BCUT2D eigenvalue weighted by Gasteiger charge is -2.26. The number of carbonyl (C=O) groups is 2. The van der Waals surface area contributed by atoms with Crippen molar-refractivity contribution in [2.75, 3.05) is 13.1 Å². The summed E-state index contributed by atoms with van der Waals surface area (Å²) in [6.07, 6.45) is 4.89. The monoisotopic (exact) mass is 282 g/mol. The topological polar surface area (TPSA) is 107 Å². The van der Waals surface area contributed by atoms with Gasteiger partial charge in [0.25, 0.3) is 0 Å². The van der Waals surface area contributed by atoms with Gasteiger partial charge in [0.05, 0.1) is 11.7 Å². The van der Waals surface area contributed by atoms with E-state index in [1.807, 2.05) is 13.8 Å². The molecule has 0 aliphatic heterocycles. The normalized spacial score (nSPS) is 11.1. The zero-order chi connectivity index (χ0) is 15.0. The number of carboxylic acid groups (broad SMARTS) is 1. The highest BCUT2D eigenvalue weighted by Crippen LogP contribution is 2.25. The minimum absolute atomic E-state index is 0.130. The second kappa shape index (κ2) is 7.52. The molecule has 0 unspecified atom stereocenters. The van der Waals surface area contributed by atoms with Gasteiger partial charge in [-0.05, 0) is 12.8 Å². The van der Waals surface area contributed by atoms with Crippen molar-refractivity contribution in [1.29, 1.82) is 0 Å². The Kier molecular flexibility index (Phi) is 6.02. The molecule has 7 heteroatoms. The number of amides is 2. The standard InChI is InChI=1S/C13H22N4O3/c1-3-13(4-2,11(18)19)8-16-12(20)15-6-5-10-7-14-9-17-10/h7,9H,3-6,8H2,1-2H3,(H,14,17)(H,18,19)(H2,15,16,20). The van der Waals surface area contributed by atoms with E-state index in [1.165, 1.54) is 0 Å². The van der Waals surface area contributed by atoms with Crippen molar-refractivity contribution >= 4 is 12.0 Å². The lowest BCUT2D eigenvalue weighted by atomic mass is 9.82. The van der Waals surface area contributed by atoms with Crippen LogP contribution in [-0.2, 0) is 11.2 Å². The summed E-state index contributed by atoms with van der Waals surface area (Å²) in [4.78, 5) is 29.7. The molecule has 0 spiro atoms. The molecule has 0 atom stereocenters. The maximum absolute atomic E-state index is 11.6. The van der Waals surface area contributed by atoms with Crippen LogP contribution in [0.25, 0.3) is 0 Å². The minimum atomic E-state index is -0.888. The highest BCUT2D eigenvalue weighted by Gasteiger charge is 2.35. The number of hydrogen-bond acceptors (Lipinski definition) is 3. The SMILES string of the molecule is CCC(CC)(CNC(=O)NCCc1cnc[nH]1)C(=O)O. The Labute approximate surface area is 118 Å². The van der Waals surface area contributed by atoms with Crippen LogP contribution in [-0.4, -0.2) is 40.2 Å². The molecule has 112 valence electrons. The number of hydrogen-bond donors (Lipinski definition) is 4. The summed E-state index contributed by atoms with van der Waals surface area (Å²) in [6, 6.07) is -0.350. The number of carbonyl (C=O) groups excluding carboxylic acids is 1. The van der Waals surface area contributed by atoms with Crippen molar-refractivity contribution in [1.82, 2.24) is 20.6 Å². The molecule has 0 radical (unpaired) electrons. The Bertz CT molecular complexity index is 427. The highest BCUT2D eigenvalue weighted by molar-refractivity contribution is 5.78. The third-order valence-electron chi connectivity index (χ3n) is 3.63. The quantitative estimate of drug-likeness (QED) is 0.573. The molecule has 0 bridgehead atoms. The summed E-state index contributed by atoms with van der Waals surface area (Å²) in [5.74, 6) is -0.875. The Morgan fingerprint density at radius 2 is 2.05 bits per heavy atom. The fraction of sp³-hybridized carbons (Fsp3) is 0.615. The van der Waals surface area contributed by atoms with Crippen molar-refractivity contribution in [3.63, 3.8) is 0 Å². The number of aromatic amines is 1. The molecular formula is C13H22N4O3. The molecule has 0 aromatic carbocycles. The Morgan fingerprint density at radius 1 is 1.35 bits per heavy atom. The number of imidazole rings is 1. The van der Waals surface area contributed by atoms with Crippen LogP contribution in [0.4, 0.5) is 4.79 Å². The first-order valence-electron chi connectivity index (χ1n) is 6.76. The number of urea groups is 1. The van der Waals surface area contributed by atoms with Gasteiger partial charge in [-0.25, -0.2) is 9.78 Å². The first-order valence-corrected chi connectivity index (χ1v) is 6.76. The molecule has 0 aliphatic rings. The second-order valence-corrected chi connectivity index (χ2v) is 4.73. The predicted molar refractivity (Wildman–Crippen MR) is 74.3 cm³/mol. The molecule has 0 saturated carbocycles. The van der Waals surface area contributed by atoms with Gasteiger partial charge >= 0.3 is 12.0 Å². The summed E-state index contributed by atoms with van der Waals surface area (Å²) >= 11 is 0. The highest BCUT2D eigenvalue weighted by atomic mass is 16.4. The van der Waals surface area contributed by atoms with Gasteiger partial charge in [-0.2, -0.15) is 0 Å². The lowest BCUT2D eigenvalue weighted by Crippen LogP contribution is -2.46. The van der Waals surface area contributed by atoms with Crippen LogP contribution in [0.3, 0.4) is 0 Å². The maximum atomic E-state index is 11.6. The van der Waals surface area contributed by atoms with E-state index in [0.29, 0.717) is 25.8 Å². The number of rotatable bonds is 8. The van der Waals surface area contributed by atoms with Crippen LogP contribution in [0.1, 0.15) is 32.4 Å². The third kappa shape index (κ3) is 4.25. The van der Waals surface area contributed by atoms with Crippen LogP contribution < -0.4 is 10.6 Å². The van der Waals surface area contributed by atoms with Crippen molar-refractivity contribution in [3.05, 3.63) is 18.2 Å². The Morgan fingerprint density at radius 3 is 2.55 bits per heavy atom. The van der Waals surface area contributed by atoms with E-state index in [0.717, 1.165) is 5.69 Å². The minimum Gasteiger partial charge on any atom is -0.481 e. The Balaban J connectivity index is 2.33. The molecule has 1 aromatic rings. The van der Waals surface area contributed by atoms with E-state index in [4.69, 9.17) is 0 Å². The molecule has 0 fully saturated rings. The van der Waals surface area contributed by atoms with Crippen molar-refractivity contribution < 1.29 is 14.7 Å². The fourth-order valence-corrected chi connectivity index (χ4v) is 1.92. The van der Waals surface area contributed by atoms with Crippen LogP contribution in [0.5, 0.6) is 0 Å². The average Bonchev–Trinajstić information content (AvgIpc) is 2.93. The van der Waals surface area contributed by atoms with Crippen LogP contribution in [0, 0.1) is 5.41 Å². The number of aliphatic carboxylic acids is 1. The van der Waals surface area contributed by atoms with Gasteiger partial charge in [-0.15, -0.1) is 0 Å². The first kappa shape index (κ1) is 16.0. The van der Waals surface area contributed by atoms with Gasteiger partial charge in [-0.1, -0.05) is 13.8 Å². The van der Waals surface area contributed by atoms with E-state index in [2.05, 4.69) is 20.6 Å². The number of nitrogens with zero attached hydrogens (tertiary/aromatic N) is 1. The van der Waals surface area contributed by atoms with Gasteiger partial charge in [0.1, 0.15) is 0 Å². The summed E-state index contributed by atoms with van der Waals surface area (Å²) in [5.41, 5.74) is 0.0491. The second-order valence-electron chi connectivity index (χ2n) is 4.73. The molecule has 2 amide bonds.